The molecule has 0 bridgehead atoms. The molecule has 1 amide bonds. The van der Waals surface area contributed by atoms with Crippen molar-refractivity contribution < 1.29 is 14.7 Å². The molecule has 5 heteroatoms. The van der Waals surface area contributed by atoms with Gasteiger partial charge in [-0.1, -0.05) is 13.8 Å². The van der Waals surface area contributed by atoms with Crippen LogP contribution in [0.15, 0.2) is 0 Å². The van der Waals surface area contributed by atoms with Gasteiger partial charge in [-0.2, -0.15) is 0 Å². The van der Waals surface area contributed by atoms with Crippen LogP contribution < -0.4 is 11.1 Å². The molecule has 0 aromatic rings. The molecule has 0 atom stereocenters. The van der Waals surface area contributed by atoms with E-state index in [0.29, 0.717) is 12.8 Å². The van der Waals surface area contributed by atoms with E-state index in [1.165, 1.54) is 0 Å². The summed E-state index contributed by atoms with van der Waals surface area (Å²) in [6, 6.07) is 0. The maximum Gasteiger partial charge on any atom is 0.311 e. The van der Waals surface area contributed by atoms with E-state index in [2.05, 4.69) is 5.32 Å². The zero-order chi connectivity index (χ0) is 11.9. The van der Waals surface area contributed by atoms with Crippen molar-refractivity contribution in [3.8, 4) is 0 Å². The highest BCUT2D eigenvalue weighted by molar-refractivity contribution is 5.79. The lowest BCUT2D eigenvalue weighted by atomic mass is 9.82. The molecule has 0 aliphatic rings. The van der Waals surface area contributed by atoms with E-state index >= 15 is 0 Å². The van der Waals surface area contributed by atoms with Crippen LogP contribution >= 0.6 is 0 Å². The van der Waals surface area contributed by atoms with Crippen molar-refractivity contribution in [1.82, 2.24) is 5.32 Å². The number of carboxylic acid groups (broad SMARTS) is 1. The lowest BCUT2D eigenvalue weighted by Crippen LogP contribution is -2.42. The number of nitrogens with one attached hydrogen (secondary N) is 1. The van der Waals surface area contributed by atoms with E-state index in [9.17, 15) is 9.59 Å². The van der Waals surface area contributed by atoms with Crippen LogP contribution in [0.4, 0.5) is 0 Å². The highest BCUT2D eigenvalue weighted by Crippen LogP contribution is 2.25. The van der Waals surface area contributed by atoms with Gasteiger partial charge in [0.25, 0.3) is 0 Å². The minimum Gasteiger partial charge on any atom is -0.481 e. The minimum atomic E-state index is -0.861. The molecule has 0 spiro atoms. The normalized spacial score (nSPS) is 11.1. The third kappa shape index (κ3) is 3.87. The molecule has 0 saturated heterocycles. The molecule has 0 unspecified atom stereocenters. The van der Waals surface area contributed by atoms with Gasteiger partial charge in [-0.3, -0.25) is 9.59 Å². The van der Waals surface area contributed by atoms with Crippen LogP contribution in [0.1, 0.15) is 33.1 Å². The first-order valence-corrected chi connectivity index (χ1v) is 5.22. The molecule has 0 aliphatic carbocycles. The van der Waals surface area contributed by atoms with Crippen LogP contribution in [0.3, 0.4) is 0 Å². The second-order valence-corrected chi connectivity index (χ2v) is 3.61. The fourth-order valence-electron chi connectivity index (χ4n) is 1.37. The number of carboxylic acids is 1. The number of nitrogens with two attached hydrogens (primary N) is 1. The van der Waals surface area contributed by atoms with Gasteiger partial charge < -0.3 is 16.2 Å². The van der Waals surface area contributed by atoms with Gasteiger partial charge in [-0.15, -0.1) is 0 Å². The number of hydrogen-bond acceptors (Lipinski definition) is 3. The van der Waals surface area contributed by atoms with Gasteiger partial charge in [-0.05, 0) is 12.8 Å². The van der Waals surface area contributed by atoms with E-state index in [1.807, 2.05) is 13.8 Å². The summed E-state index contributed by atoms with van der Waals surface area (Å²) in [6.07, 6.45) is 1.24. The Hall–Kier alpha value is -1.10. The van der Waals surface area contributed by atoms with Crippen LogP contribution in [0, 0.1) is 5.41 Å². The Morgan fingerprint density at radius 3 is 2.20 bits per heavy atom. The molecule has 0 fully saturated rings. The molecule has 15 heavy (non-hydrogen) atoms. The summed E-state index contributed by atoms with van der Waals surface area (Å²) in [4.78, 5) is 22.2. The number of carbonyl (C=O) groups is 2. The first-order valence-electron chi connectivity index (χ1n) is 5.22. The van der Waals surface area contributed by atoms with Crippen molar-refractivity contribution >= 4 is 11.9 Å². The molecule has 0 radical (unpaired) electrons. The predicted octanol–water partition coefficient (Wildman–Crippen LogP) is 0.342. The Bertz CT molecular complexity index is 225. The Balaban J connectivity index is 4.30. The molecule has 0 aromatic heterocycles. The summed E-state index contributed by atoms with van der Waals surface area (Å²) in [5, 5.41) is 11.7. The largest absolute Gasteiger partial charge is 0.481 e. The van der Waals surface area contributed by atoms with Crippen LogP contribution in [-0.2, 0) is 9.59 Å². The average molecular weight is 216 g/mol. The van der Waals surface area contributed by atoms with Crippen molar-refractivity contribution in [2.75, 3.05) is 13.1 Å². The third-order valence-electron chi connectivity index (χ3n) is 2.80. The van der Waals surface area contributed by atoms with Gasteiger partial charge in [0, 0.05) is 19.5 Å². The second-order valence-electron chi connectivity index (χ2n) is 3.61. The van der Waals surface area contributed by atoms with Gasteiger partial charge in [0.1, 0.15) is 0 Å². The zero-order valence-corrected chi connectivity index (χ0v) is 9.38. The number of rotatable bonds is 7. The maximum atomic E-state index is 11.2. The van der Waals surface area contributed by atoms with Crippen molar-refractivity contribution in [1.29, 1.82) is 0 Å². The molecule has 0 aliphatic heterocycles. The fraction of sp³-hybridized carbons (Fsp3) is 0.800. The minimum absolute atomic E-state index is 0.175. The first kappa shape index (κ1) is 13.9. The molecular formula is C10H20N2O3. The smallest absolute Gasteiger partial charge is 0.311 e. The topological polar surface area (TPSA) is 92.4 Å². The molecule has 0 rings (SSSR count). The number of amides is 1. The van der Waals surface area contributed by atoms with Gasteiger partial charge in [0.2, 0.25) is 5.91 Å². The third-order valence-corrected chi connectivity index (χ3v) is 2.80. The van der Waals surface area contributed by atoms with Gasteiger partial charge >= 0.3 is 5.97 Å². The summed E-state index contributed by atoms with van der Waals surface area (Å²) < 4.78 is 0. The summed E-state index contributed by atoms with van der Waals surface area (Å²) in [5.74, 6) is -1.05. The Morgan fingerprint density at radius 1 is 1.33 bits per heavy atom. The summed E-state index contributed by atoms with van der Waals surface area (Å²) >= 11 is 0. The van der Waals surface area contributed by atoms with Gasteiger partial charge in [0.05, 0.1) is 5.41 Å². The summed E-state index contributed by atoms with van der Waals surface area (Å²) in [6.45, 7) is 4.08. The average Bonchev–Trinajstić information content (AvgIpc) is 2.20. The SMILES string of the molecule is CCC(CC)(CNC(=O)CCN)C(=O)O. The number of carbonyl (C=O) groups excluding carboxylic acids is 1. The Morgan fingerprint density at radius 2 is 1.87 bits per heavy atom. The van der Waals surface area contributed by atoms with Crippen molar-refractivity contribution in [3.05, 3.63) is 0 Å². The highest BCUT2D eigenvalue weighted by Gasteiger charge is 2.34. The fourth-order valence-corrected chi connectivity index (χ4v) is 1.37. The molecule has 0 saturated carbocycles. The van der Waals surface area contributed by atoms with Crippen LogP contribution in [0.2, 0.25) is 0 Å². The van der Waals surface area contributed by atoms with Crippen molar-refractivity contribution in [2.45, 2.75) is 33.1 Å². The Labute approximate surface area is 90.0 Å². The van der Waals surface area contributed by atoms with Crippen LogP contribution in [0.5, 0.6) is 0 Å². The first-order chi connectivity index (χ1) is 7.02. The molecular weight excluding hydrogens is 196 g/mol. The van der Waals surface area contributed by atoms with E-state index in [-0.39, 0.29) is 25.4 Å². The monoisotopic (exact) mass is 216 g/mol. The second kappa shape index (κ2) is 6.40. The predicted molar refractivity (Wildman–Crippen MR) is 57.3 cm³/mol. The van der Waals surface area contributed by atoms with E-state index in [1.54, 1.807) is 0 Å². The highest BCUT2D eigenvalue weighted by atomic mass is 16.4. The lowest BCUT2D eigenvalue weighted by molar-refractivity contribution is -0.149. The molecule has 0 aromatic carbocycles. The molecule has 0 heterocycles. The molecule has 88 valence electrons. The summed E-state index contributed by atoms with van der Waals surface area (Å²) in [5.41, 5.74) is 4.37. The standard InChI is InChI=1S/C10H20N2O3/c1-3-10(4-2,9(14)15)7-12-8(13)5-6-11/h3-7,11H2,1-2H3,(H,12,13)(H,14,15). The molecule has 5 nitrogen and oxygen atoms in total. The van der Waals surface area contributed by atoms with Crippen molar-refractivity contribution in [2.24, 2.45) is 11.1 Å². The number of hydrogen-bond donors (Lipinski definition) is 3. The quantitative estimate of drug-likeness (QED) is 0.572. The van der Waals surface area contributed by atoms with Crippen LogP contribution in [-0.4, -0.2) is 30.1 Å². The van der Waals surface area contributed by atoms with E-state index in [4.69, 9.17) is 10.8 Å². The van der Waals surface area contributed by atoms with Crippen LogP contribution in [0.25, 0.3) is 0 Å². The van der Waals surface area contributed by atoms with Gasteiger partial charge in [0.15, 0.2) is 0 Å². The van der Waals surface area contributed by atoms with E-state index in [0.717, 1.165) is 0 Å². The zero-order valence-electron chi connectivity index (χ0n) is 9.38. The summed E-state index contributed by atoms with van der Waals surface area (Å²) in [7, 11) is 0. The molecule has 4 N–H and O–H groups in total. The maximum absolute atomic E-state index is 11.2. The van der Waals surface area contributed by atoms with Gasteiger partial charge in [-0.25, -0.2) is 0 Å². The lowest BCUT2D eigenvalue weighted by Gasteiger charge is -2.26. The number of aliphatic carboxylic acids is 1. The van der Waals surface area contributed by atoms with E-state index < -0.39 is 11.4 Å². The van der Waals surface area contributed by atoms with Crippen molar-refractivity contribution in [3.63, 3.8) is 0 Å². The Kier molecular flexibility index (Phi) is 5.93.